The normalized spacial score (nSPS) is 27.1. The molecule has 0 N–H and O–H groups in total. The Labute approximate surface area is 210 Å². The van der Waals surface area contributed by atoms with Gasteiger partial charge in [0.05, 0.1) is 43.0 Å². The maximum Gasteiger partial charge on any atom is 0.228 e. The summed E-state index contributed by atoms with van der Waals surface area (Å²) in [5.74, 6) is 6.28. The lowest BCUT2D eigenvalue weighted by molar-refractivity contribution is -0.141. The van der Waals surface area contributed by atoms with Crippen LogP contribution < -0.4 is 0 Å². The largest absolute Gasteiger partial charge is 0.377 e. The van der Waals surface area contributed by atoms with Crippen molar-refractivity contribution in [2.75, 3.05) is 60.0 Å². The molecule has 0 spiro atoms. The standard InChI is InChI=1S/C26H42N6O3/c1-20(32-18-22(27-28-32)7-5-11-29(3)4)17-23-9-10-25(35-23)21(2)26(33)31-14-12-30(13-15-31)19-24-8-6-16-34-24/h18,20-21,23-25H,6,8-17,19H2,1-4H3/t20-,21-,23+,24?,25-/m1/s1. The average Bonchev–Trinajstić information content (AvgIpc) is 3.61. The number of ether oxygens (including phenoxy) is 2. The van der Waals surface area contributed by atoms with Gasteiger partial charge in [-0.25, -0.2) is 4.68 Å². The molecule has 3 aliphatic heterocycles. The highest BCUT2D eigenvalue weighted by Crippen LogP contribution is 2.31. The van der Waals surface area contributed by atoms with Gasteiger partial charge in [0.1, 0.15) is 0 Å². The number of hydrogen-bond donors (Lipinski definition) is 0. The van der Waals surface area contributed by atoms with E-state index in [2.05, 4.69) is 34.0 Å². The van der Waals surface area contributed by atoms with Crippen molar-refractivity contribution >= 4 is 5.91 Å². The first-order valence-electron chi connectivity index (χ1n) is 13.2. The minimum absolute atomic E-state index is 0.00664. The minimum atomic E-state index is -0.107. The highest BCUT2D eigenvalue weighted by Gasteiger charge is 2.36. The fourth-order valence-corrected chi connectivity index (χ4v) is 5.27. The quantitative estimate of drug-likeness (QED) is 0.517. The highest BCUT2D eigenvalue weighted by atomic mass is 16.5. The Kier molecular flexibility index (Phi) is 9.17. The number of hydrogen-bond acceptors (Lipinski definition) is 7. The molecule has 0 aliphatic carbocycles. The molecule has 9 nitrogen and oxygen atoms in total. The van der Waals surface area contributed by atoms with E-state index in [-0.39, 0.29) is 30.1 Å². The Morgan fingerprint density at radius 2 is 1.97 bits per heavy atom. The van der Waals surface area contributed by atoms with Gasteiger partial charge in [-0.2, -0.15) is 0 Å². The van der Waals surface area contributed by atoms with E-state index >= 15 is 0 Å². The van der Waals surface area contributed by atoms with Gasteiger partial charge >= 0.3 is 0 Å². The average molecular weight is 487 g/mol. The predicted octanol–water partition coefficient (Wildman–Crippen LogP) is 1.65. The van der Waals surface area contributed by atoms with Crippen LogP contribution in [0.4, 0.5) is 0 Å². The van der Waals surface area contributed by atoms with Crippen molar-refractivity contribution in [1.82, 2.24) is 29.7 Å². The zero-order valence-corrected chi connectivity index (χ0v) is 21.9. The van der Waals surface area contributed by atoms with E-state index < -0.39 is 0 Å². The first-order chi connectivity index (χ1) is 16.9. The van der Waals surface area contributed by atoms with Crippen molar-refractivity contribution < 1.29 is 14.3 Å². The fourth-order valence-electron chi connectivity index (χ4n) is 5.27. The van der Waals surface area contributed by atoms with Gasteiger partial charge in [-0.05, 0) is 59.0 Å². The zero-order valence-electron chi connectivity index (χ0n) is 21.9. The van der Waals surface area contributed by atoms with Crippen LogP contribution in [0.15, 0.2) is 6.20 Å². The third-order valence-corrected chi connectivity index (χ3v) is 7.44. The first kappa shape index (κ1) is 26.1. The number of carbonyl (C=O) groups excluding carboxylic acids is 1. The van der Waals surface area contributed by atoms with Crippen LogP contribution in [-0.2, 0) is 14.3 Å². The number of rotatable bonds is 8. The van der Waals surface area contributed by atoms with E-state index in [0.29, 0.717) is 18.3 Å². The third-order valence-electron chi connectivity index (χ3n) is 7.44. The van der Waals surface area contributed by atoms with Crippen LogP contribution in [-0.4, -0.2) is 114 Å². The molecule has 1 aromatic heterocycles. The number of carbonyl (C=O) groups is 1. The van der Waals surface area contributed by atoms with Gasteiger partial charge in [-0.3, -0.25) is 14.6 Å². The maximum atomic E-state index is 13.2. The molecule has 9 heteroatoms. The summed E-state index contributed by atoms with van der Waals surface area (Å²) >= 11 is 0. The van der Waals surface area contributed by atoms with E-state index in [1.807, 2.05) is 41.7 Å². The summed E-state index contributed by atoms with van der Waals surface area (Å²) in [7, 11) is 3.98. The monoisotopic (exact) mass is 486 g/mol. The van der Waals surface area contributed by atoms with Crippen molar-refractivity contribution in [2.45, 2.75) is 70.3 Å². The Bertz CT molecular complexity index is 879. The molecule has 5 atom stereocenters. The molecular formula is C26H42N6O3. The smallest absolute Gasteiger partial charge is 0.228 e. The summed E-state index contributed by atoms with van der Waals surface area (Å²) in [5, 5.41) is 8.44. The molecule has 4 heterocycles. The van der Waals surface area contributed by atoms with Gasteiger partial charge in [0.25, 0.3) is 0 Å². The van der Waals surface area contributed by atoms with Crippen LogP contribution in [0.25, 0.3) is 0 Å². The van der Waals surface area contributed by atoms with Gasteiger partial charge in [0.15, 0.2) is 5.69 Å². The first-order valence-corrected chi connectivity index (χ1v) is 13.2. The van der Waals surface area contributed by atoms with Crippen LogP contribution in [0, 0.1) is 17.8 Å². The molecule has 1 amide bonds. The lowest BCUT2D eigenvalue weighted by atomic mass is 9.99. The van der Waals surface area contributed by atoms with Gasteiger partial charge in [0, 0.05) is 39.3 Å². The van der Waals surface area contributed by atoms with Gasteiger partial charge in [-0.1, -0.05) is 18.1 Å². The summed E-state index contributed by atoms with van der Waals surface area (Å²) in [4.78, 5) is 19.7. The molecule has 194 valence electrons. The second kappa shape index (κ2) is 12.3. The number of piperazine rings is 1. The molecule has 0 radical (unpaired) electrons. The van der Waals surface area contributed by atoms with Crippen molar-refractivity contribution in [3.8, 4) is 11.8 Å². The highest BCUT2D eigenvalue weighted by molar-refractivity contribution is 5.79. The maximum absolute atomic E-state index is 13.2. The Morgan fingerprint density at radius 1 is 1.17 bits per heavy atom. The number of amides is 1. The van der Waals surface area contributed by atoms with Crippen molar-refractivity contribution in [2.24, 2.45) is 5.92 Å². The third kappa shape index (κ3) is 7.26. The van der Waals surface area contributed by atoms with Crippen molar-refractivity contribution in [3.05, 3.63) is 11.9 Å². The van der Waals surface area contributed by atoms with Crippen LogP contribution in [0.5, 0.6) is 0 Å². The molecule has 35 heavy (non-hydrogen) atoms. The van der Waals surface area contributed by atoms with E-state index in [1.165, 1.54) is 6.42 Å². The summed E-state index contributed by atoms with van der Waals surface area (Å²) in [6.45, 7) is 10.2. The molecule has 3 saturated heterocycles. The topological polar surface area (TPSA) is 76.0 Å². The summed E-state index contributed by atoms with van der Waals surface area (Å²) in [6.07, 6.45) is 7.52. The molecule has 0 bridgehead atoms. The lowest BCUT2D eigenvalue weighted by Gasteiger charge is -2.37. The molecule has 1 aromatic rings. The fraction of sp³-hybridized carbons (Fsp3) is 0.808. The second-order valence-electron chi connectivity index (χ2n) is 10.6. The Balaban J connectivity index is 1.20. The van der Waals surface area contributed by atoms with Gasteiger partial charge in [0.2, 0.25) is 5.91 Å². The number of aromatic nitrogens is 3. The van der Waals surface area contributed by atoms with Crippen molar-refractivity contribution in [3.63, 3.8) is 0 Å². The van der Waals surface area contributed by atoms with E-state index in [1.54, 1.807) is 0 Å². The van der Waals surface area contributed by atoms with E-state index in [0.717, 1.165) is 65.0 Å². The second-order valence-corrected chi connectivity index (χ2v) is 10.6. The van der Waals surface area contributed by atoms with Crippen molar-refractivity contribution in [1.29, 1.82) is 0 Å². The zero-order chi connectivity index (χ0) is 24.8. The van der Waals surface area contributed by atoms with Crippen LogP contribution in [0.3, 0.4) is 0 Å². The molecule has 0 saturated carbocycles. The minimum Gasteiger partial charge on any atom is -0.377 e. The predicted molar refractivity (Wildman–Crippen MR) is 134 cm³/mol. The molecule has 4 rings (SSSR count). The van der Waals surface area contributed by atoms with Crippen LogP contribution in [0.2, 0.25) is 0 Å². The molecule has 3 aliphatic rings. The Morgan fingerprint density at radius 3 is 2.69 bits per heavy atom. The molecule has 1 unspecified atom stereocenters. The van der Waals surface area contributed by atoms with Crippen LogP contribution in [0.1, 0.15) is 57.7 Å². The lowest BCUT2D eigenvalue weighted by Crippen LogP contribution is -2.52. The molecular weight excluding hydrogens is 444 g/mol. The summed E-state index contributed by atoms with van der Waals surface area (Å²) in [5.41, 5.74) is 0.694. The van der Waals surface area contributed by atoms with Gasteiger partial charge in [-0.15, -0.1) is 5.10 Å². The molecule has 3 fully saturated rings. The van der Waals surface area contributed by atoms with E-state index in [4.69, 9.17) is 9.47 Å². The summed E-state index contributed by atoms with van der Waals surface area (Å²) < 4.78 is 14.0. The summed E-state index contributed by atoms with van der Waals surface area (Å²) in [6, 6.07) is 0.165. The van der Waals surface area contributed by atoms with Gasteiger partial charge < -0.3 is 14.4 Å². The number of nitrogens with zero attached hydrogens (tertiary/aromatic N) is 6. The van der Waals surface area contributed by atoms with E-state index in [9.17, 15) is 4.79 Å². The SMILES string of the molecule is C[C@H](C[C@@H]1CC[C@H]([C@@H](C)C(=O)N2CCN(CC3CCCO3)CC2)O1)n1cc(C#CCN(C)C)nn1. The van der Waals surface area contributed by atoms with Crippen LogP contribution >= 0.6 is 0 Å². The Hall–Kier alpha value is -1.99. The molecule has 0 aromatic carbocycles.